The number of sulfonamides is 1. The fraction of sp³-hybridized carbons (Fsp3) is 0.316. The van der Waals surface area contributed by atoms with Crippen molar-refractivity contribution < 1.29 is 18.3 Å². The monoisotopic (exact) mass is 361 g/mol. The molecule has 2 aromatic carbocycles. The molecule has 1 unspecified atom stereocenters. The van der Waals surface area contributed by atoms with Crippen LogP contribution in [0.4, 0.5) is 0 Å². The van der Waals surface area contributed by atoms with Gasteiger partial charge in [-0.25, -0.2) is 8.42 Å². The second-order valence-electron chi connectivity index (χ2n) is 6.31. The van der Waals surface area contributed by atoms with Gasteiger partial charge >= 0.3 is 5.97 Å². The van der Waals surface area contributed by atoms with Crippen LogP contribution in [0.25, 0.3) is 0 Å². The zero-order valence-electron chi connectivity index (χ0n) is 14.9. The maximum atomic E-state index is 12.8. The molecule has 2 rings (SSSR count). The molecule has 0 saturated heterocycles. The lowest BCUT2D eigenvalue weighted by Gasteiger charge is -2.24. The molecule has 1 N–H and O–H groups in total. The summed E-state index contributed by atoms with van der Waals surface area (Å²) in [7, 11) is -2.57. The van der Waals surface area contributed by atoms with E-state index >= 15 is 0 Å². The molecule has 0 aliphatic heterocycles. The number of hydrogen-bond donors (Lipinski definition) is 1. The van der Waals surface area contributed by atoms with E-state index < -0.39 is 22.0 Å². The highest BCUT2D eigenvalue weighted by atomic mass is 32.2. The first-order valence-electron chi connectivity index (χ1n) is 7.96. The quantitative estimate of drug-likeness (QED) is 0.858. The first-order chi connectivity index (χ1) is 11.6. The number of rotatable bonds is 6. The Labute approximate surface area is 149 Å². The molecule has 0 aromatic heterocycles. The van der Waals surface area contributed by atoms with Crippen molar-refractivity contribution in [2.24, 2.45) is 0 Å². The summed E-state index contributed by atoms with van der Waals surface area (Å²) >= 11 is 0. The van der Waals surface area contributed by atoms with E-state index in [2.05, 4.69) is 0 Å². The third-order valence-electron chi connectivity index (χ3n) is 4.42. The third kappa shape index (κ3) is 4.27. The lowest BCUT2D eigenvalue weighted by atomic mass is 10.0. The molecule has 0 radical (unpaired) electrons. The Bertz CT molecular complexity index is 873. The van der Waals surface area contributed by atoms with Crippen LogP contribution in [0.3, 0.4) is 0 Å². The van der Waals surface area contributed by atoms with E-state index in [0.717, 1.165) is 26.6 Å². The van der Waals surface area contributed by atoms with Gasteiger partial charge in [-0.15, -0.1) is 0 Å². The number of benzene rings is 2. The normalized spacial score (nSPS) is 13.0. The van der Waals surface area contributed by atoms with E-state index in [1.165, 1.54) is 19.2 Å². The summed E-state index contributed by atoms with van der Waals surface area (Å²) in [6, 6.07) is 10.9. The van der Waals surface area contributed by atoms with Crippen LogP contribution in [-0.2, 0) is 21.2 Å². The van der Waals surface area contributed by atoms with Crippen LogP contribution in [0.5, 0.6) is 0 Å². The minimum Gasteiger partial charge on any atom is -0.480 e. The lowest BCUT2D eigenvalue weighted by Crippen LogP contribution is -2.43. The number of carboxylic acid groups (broad SMARTS) is 1. The lowest BCUT2D eigenvalue weighted by molar-refractivity contribution is -0.141. The van der Waals surface area contributed by atoms with Gasteiger partial charge in [0.25, 0.3) is 0 Å². The Balaban J connectivity index is 2.33. The van der Waals surface area contributed by atoms with Gasteiger partial charge in [0.05, 0.1) is 4.90 Å². The second-order valence-corrected chi connectivity index (χ2v) is 8.31. The van der Waals surface area contributed by atoms with Crippen molar-refractivity contribution in [3.8, 4) is 0 Å². The first-order valence-corrected chi connectivity index (χ1v) is 9.40. The molecule has 5 nitrogen and oxygen atoms in total. The minimum absolute atomic E-state index is 0.0898. The number of aryl methyl sites for hydroxylation is 3. The average Bonchev–Trinajstić information content (AvgIpc) is 2.55. The van der Waals surface area contributed by atoms with E-state index in [9.17, 15) is 18.3 Å². The van der Waals surface area contributed by atoms with Gasteiger partial charge in [0.15, 0.2) is 0 Å². The largest absolute Gasteiger partial charge is 0.480 e. The standard InChI is InChI=1S/C19H23NO4S/c1-13-5-9-17(10-6-13)25(23,24)20(4)18(19(21)22)12-16-8-7-14(2)15(3)11-16/h5-11,18H,12H2,1-4H3,(H,21,22). The van der Waals surface area contributed by atoms with Gasteiger partial charge in [0, 0.05) is 7.05 Å². The van der Waals surface area contributed by atoms with Crippen LogP contribution in [0.1, 0.15) is 22.3 Å². The summed E-state index contributed by atoms with van der Waals surface area (Å²) in [6.45, 7) is 5.78. The van der Waals surface area contributed by atoms with Crippen molar-refractivity contribution in [1.29, 1.82) is 0 Å². The van der Waals surface area contributed by atoms with Gasteiger partial charge in [-0.3, -0.25) is 4.79 Å². The molecule has 0 fully saturated rings. The summed E-state index contributed by atoms with van der Waals surface area (Å²) in [5.74, 6) is -1.17. The van der Waals surface area contributed by atoms with Crippen molar-refractivity contribution in [3.05, 3.63) is 64.7 Å². The van der Waals surface area contributed by atoms with Crippen LogP contribution in [0, 0.1) is 20.8 Å². The number of aliphatic carboxylic acids is 1. The van der Waals surface area contributed by atoms with E-state index in [0.29, 0.717) is 0 Å². The maximum Gasteiger partial charge on any atom is 0.322 e. The number of likely N-dealkylation sites (N-methyl/N-ethyl adjacent to an activating group) is 1. The predicted molar refractivity (Wildman–Crippen MR) is 97.2 cm³/mol. The summed E-state index contributed by atoms with van der Waals surface area (Å²) in [5.41, 5.74) is 3.88. The Morgan fingerprint density at radius 3 is 2.16 bits per heavy atom. The van der Waals surface area contributed by atoms with Gasteiger partial charge < -0.3 is 5.11 Å². The summed E-state index contributed by atoms with van der Waals surface area (Å²) in [4.78, 5) is 11.8. The Morgan fingerprint density at radius 1 is 1.04 bits per heavy atom. The van der Waals surface area contributed by atoms with Crippen LogP contribution in [0.15, 0.2) is 47.4 Å². The molecule has 0 amide bonds. The van der Waals surface area contributed by atoms with Crippen molar-refractivity contribution >= 4 is 16.0 Å². The van der Waals surface area contributed by atoms with Crippen LogP contribution in [0.2, 0.25) is 0 Å². The highest BCUT2D eigenvalue weighted by Gasteiger charge is 2.33. The zero-order valence-corrected chi connectivity index (χ0v) is 15.7. The third-order valence-corrected chi connectivity index (χ3v) is 6.30. The molecule has 0 heterocycles. The van der Waals surface area contributed by atoms with Crippen molar-refractivity contribution in [2.45, 2.75) is 38.1 Å². The molecular formula is C19H23NO4S. The molecule has 1 atom stereocenters. The second kappa shape index (κ2) is 7.37. The molecule has 0 aliphatic rings. The van der Waals surface area contributed by atoms with Gasteiger partial charge in [0.1, 0.15) is 6.04 Å². The van der Waals surface area contributed by atoms with Crippen molar-refractivity contribution in [1.82, 2.24) is 4.31 Å². The van der Waals surface area contributed by atoms with Gasteiger partial charge in [0.2, 0.25) is 10.0 Å². The Hall–Kier alpha value is -2.18. The minimum atomic E-state index is -3.89. The van der Waals surface area contributed by atoms with Crippen molar-refractivity contribution in [3.63, 3.8) is 0 Å². The topological polar surface area (TPSA) is 74.7 Å². The zero-order chi connectivity index (χ0) is 18.8. The maximum absolute atomic E-state index is 12.8. The molecule has 134 valence electrons. The molecule has 6 heteroatoms. The molecule has 25 heavy (non-hydrogen) atoms. The van der Waals surface area contributed by atoms with Gasteiger partial charge in [-0.05, 0) is 56.0 Å². The number of nitrogens with zero attached hydrogens (tertiary/aromatic N) is 1. The van der Waals surface area contributed by atoms with Crippen LogP contribution < -0.4 is 0 Å². The molecule has 0 saturated carbocycles. The highest BCUT2D eigenvalue weighted by molar-refractivity contribution is 7.89. The number of carboxylic acids is 1. The first kappa shape index (κ1) is 19.1. The molecule has 2 aromatic rings. The van der Waals surface area contributed by atoms with Crippen LogP contribution in [-0.4, -0.2) is 36.9 Å². The van der Waals surface area contributed by atoms with E-state index in [1.807, 2.05) is 39.0 Å². The Morgan fingerprint density at radius 2 is 1.64 bits per heavy atom. The van der Waals surface area contributed by atoms with E-state index in [-0.39, 0.29) is 11.3 Å². The average molecular weight is 361 g/mol. The van der Waals surface area contributed by atoms with Crippen LogP contribution >= 0.6 is 0 Å². The fourth-order valence-electron chi connectivity index (χ4n) is 2.57. The van der Waals surface area contributed by atoms with Gasteiger partial charge in [-0.1, -0.05) is 35.9 Å². The summed E-state index contributed by atoms with van der Waals surface area (Å²) in [6.07, 6.45) is 0.109. The van der Waals surface area contributed by atoms with E-state index in [4.69, 9.17) is 0 Å². The SMILES string of the molecule is Cc1ccc(S(=O)(=O)N(C)C(Cc2ccc(C)c(C)c2)C(=O)O)cc1. The number of hydrogen-bond acceptors (Lipinski definition) is 3. The molecular weight excluding hydrogens is 338 g/mol. The predicted octanol–water partition coefficient (Wildman–Crippen LogP) is 2.93. The highest BCUT2D eigenvalue weighted by Crippen LogP contribution is 2.20. The molecule has 0 bridgehead atoms. The summed E-state index contributed by atoms with van der Waals surface area (Å²) < 4.78 is 26.5. The van der Waals surface area contributed by atoms with Gasteiger partial charge in [-0.2, -0.15) is 4.31 Å². The smallest absolute Gasteiger partial charge is 0.322 e. The number of carbonyl (C=O) groups is 1. The Kier molecular flexibility index (Phi) is 5.65. The molecule has 0 spiro atoms. The van der Waals surface area contributed by atoms with E-state index in [1.54, 1.807) is 12.1 Å². The fourth-order valence-corrected chi connectivity index (χ4v) is 3.88. The molecule has 0 aliphatic carbocycles. The summed E-state index contributed by atoms with van der Waals surface area (Å²) in [5, 5.41) is 9.58. The van der Waals surface area contributed by atoms with Crippen molar-refractivity contribution in [2.75, 3.05) is 7.05 Å².